The molecular weight excluding hydrogens is 230 g/mol. The van der Waals surface area contributed by atoms with Gasteiger partial charge in [-0.05, 0) is 25.1 Å². The number of nitrogen functional groups attached to an aromatic ring is 1. The van der Waals surface area contributed by atoms with Crippen LogP contribution in [0.5, 0.6) is 11.5 Å². The van der Waals surface area contributed by atoms with E-state index in [4.69, 9.17) is 15.2 Å². The first kappa shape index (κ1) is 12.2. The van der Waals surface area contributed by atoms with Crippen molar-refractivity contribution in [2.24, 2.45) is 0 Å². The van der Waals surface area contributed by atoms with Crippen molar-refractivity contribution in [1.82, 2.24) is 9.97 Å². The minimum Gasteiger partial charge on any atom is -0.490 e. The summed E-state index contributed by atoms with van der Waals surface area (Å²) < 4.78 is 11.1. The summed E-state index contributed by atoms with van der Waals surface area (Å²) in [5.74, 6) is 2.36. The fraction of sp³-hybridized carbons (Fsp3) is 0.231. The Kier molecular flexibility index (Phi) is 3.96. The molecule has 2 rings (SSSR count). The monoisotopic (exact) mass is 245 g/mol. The third-order valence-corrected chi connectivity index (χ3v) is 2.23. The lowest BCUT2D eigenvalue weighted by atomic mass is 10.3. The van der Waals surface area contributed by atoms with Gasteiger partial charge in [0.05, 0.1) is 6.61 Å². The second-order valence-electron chi connectivity index (χ2n) is 3.57. The normalized spacial score (nSPS) is 10.1. The van der Waals surface area contributed by atoms with Crippen LogP contribution in [-0.2, 0) is 6.61 Å². The quantitative estimate of drug-likeness (QED) is 0.872. The van der Waals surface area contributed by atoms with Crippen molar-refractivity contribution in [1.29, 1.82) is 0 Å². The van der Waals surface area contributed by atoms with Gasteiger partial charge in [-0.2, -0.15) is 0 Å². The van der Waals surface area contributed by atoms with E-state index in [0.717, 1.165) is 0 Å². The summed E-state index contributed by atoms with van der Waals surface area (Å²) in [5, 5.41) is 0. The molecule has 1 aromatic carbocycles. The van der Waals surface area contributed by atoms with Crippen LogP contribution in [0.4, 0.5) is 5.82 Å². The molecule has 0 fully saturated rings. The number of aromatic nitrogens is 2. The van der Waals surface area contributed by atoms with Crippen molar-refractivity contribution in [3.05, 3.63) is 42.4 Å². The average molecular weight is 245 g/mol. The van der Waals surface area contributed by atoms with Crippen LogP contribution in [-0.4, -0.2) is 16.6 Å². The first-order chi connectivity index (χ1) is 8.79. The Morgan fingerprint density at radius 1 is 1.11 bits per heavy atom. The summed E-state index contributed by atoms with van der Waals surface area (Å²) in [5.41, 5.74) is 5.57. The molecule has 0 radical (unpaired) electrons. The van der Waals surface area contributed by atoms with Gasteiger partial charge >= 0.3 is 0 Å². The Morgan fingerprint density at radius 3 is 2.50 bits per heavy atom. The lowest BCUT2D eigenvalue weighted by Gasteiger charge is -2.10. The van der Waals surface area contributed by atoms with E-state index in [1.807, 2.05) is 31.2 Å². The molecule has 0 saturated heterocycles. The molecule has 0 aliphatic rings. The number of benzene rings is 1. The minimum absolute atomic E-state index is 0.259. The largest absolute Gasteiger partial charge is 0.490 e. The van der Waals surface area contributed by atoms with Crippen LogP contribution in [0.2, 0.25) is 0 Å². The Labute approximate surface area is 106 Å². The second-order valence-corrected chi connectivity index (χ2v) is 3.57. The van der Waals surface area contributed by atoms with Gasteiger partial charge in [-0.3, -0.25) is 0 Å². The van der Waals surface area contributed by atoms with Gasteiger partial charge in [-0.15, -0.1) is 0 Å². The summed E-state index contributed by atoms with van der Waals surface area (Å²) in [6, 6.07) is 9.13. The zero-order valence-corrected chi connectivity index (χ0v) is 10.2. The summed E-state index contributed by atoms with van der Waals surface area (Å²) in [6.07, 6.45) is 1.61. The van der Waals surface area contributed by atoms with Gasteiger partial charge in [-0.1, -0.05) is 12.1 Å². The Bertz CT molecular complexity index is 517. The van der Waals surface area contributed by atoms with Crippen molar-refractivity contribution in [3.8, 4) is 11.5 Å². The maximum atomic E-state index is 5.63. The maximum Gasteiger partial charge on any atom is 0.168 e. The summed E-state index contributed by atoms with van der Waals surface area (Å²) in [6.45, 7) is 2.78. The van der Waals surface area contributed by atoms with Gasteiger partial charge in [0.1, 0.15) is 12.4 Å². The number of nitrogens with two attached hydrogens (primary N) is 1. The molecule has 18 heavy (non-hydrogen) atoms. The van der Waals surface area contributed by atoms with E-state index >= 15 is 0 Å². The van der Waals surface area contributed by atoms with E-state index < -0.39 is 0 Å². The smallest absolute Gasteiger partial charge is 0.168 e. The number of hydrogen-bond acceptors (Lipinski definition) is 5. The molecule has 0 atom stereocenters. The summed E-state index contributed by atoms with van der Waals surface area (Å²) >= 11 is 0. The molecule has 1 heterocycles. The minimum atomic E-state index is 0.259. The topological polar surface area (TPSA) is 70.3 Å². The second kappa shape index (κ2) is 5.86. The molecule has 0 amide bonds. The van der Waals surface area contributed by atoms with E-state index in [1.165, 1.54) is 0 Å². The van der Waals surface area contributed by atoms with Crippen molar-refractivity contribution in [2.45, 2.75) is 13.5 Å². The third kappa shape index (κ3) is 3.10. The van der Waals surface area contributed by atoms with Crippen molar-refractivity contribution < 1.29 is 9.47 Å². The zero-order chi connectivity index (χ0) is 12.8. The zero-order valence-electron chi connectivity index (χ0n) is 10.2. The molecule has 94 valence electrons. The fourth-order valence-electron chi connectivity index (χ4n) is 1.47. The van der Waals surface area contributed by atoms with E-state index in [-0.39, 0.29) is 6.61 Å². The van der Waals surface area contributed by atoms with Crippen LogP contribution in [0.1, 0.15) is 12.7 Å². The van der Waals surface area contributed by atoms with Crippen LogP contribution in [0.25, 0.3) is 0 Å². The number of ether oxygens (including phenoxy) is 2. The average Bonchev–Trinajstić information content (AvgIpc) is 2.38. The maximum absolute atomic E-state index is 5.63. The van der Waals surface area contributed by atoms with Gasteiger partial charge in [0.25, 0.3) is 0 Å². The number of anilines is 1. The van der Waals surface area contributed by atoms with Crippen LogP contribution in [0.15, 0.2) is 36.5 Å². The molecule has 0 unspecified atom stereocenters. The van der Waals surface area contributed by atoms with Crippen LogP contribution in [0, 0.1) is 0 Å². The number of nitrogens with zero attached hydrogens (tertiary/aromatic N) is 2. The predicted octanol–water partition coefficient (Wildman–Crippen LogP) is 2.04. The van der Waals surface area contributed by atoms with E-state index in [2.05, 4.69) is 9.97 Å². The van der Waals surface area contributed by atoms with E-state index in [1.54, 1.807) is 12.3 Å². The highest BCUT2D eigenvalue weighted by atomic mass is 16.5. The fourth-order valence-corrected chi connectivity index (χ4v) is 1.47. The summed E-state index contributed by atoms with van der Waals surface area (Å²) in [4.78, 5) is 8.14. The van der Waals surface area contributed by atoms with Gasteiger partial charge < -0.3 is 15.2 Å². The van der Waals surface area contributed by atoms with Crippen LogP contribution < -0.4 is 15.2 Å². The van der Waals surface area contributed by atoms with E-state index in [0.29, 0.717) is 29.7 Å². The number of rotatable bonds is 5. The first-order valence-corrected chi connectivity index (χ1v) is 5.71. The van der Waals surface area contributed by atoms with Gasteiger partial charge in [0, 0.05) is 6.20 Å². The molecule has 0 aliphatic carbocycles. The molecule has 1 aromatic heterocycles. The lowest BCUT2D eigenvalue weighted by Crippen LogP contribution is -2.04. The lowest BCUT2D eigenvalue weighted by molar-refractivity contribution is 0.263. The number of para-hydroxylation sites is 2. The van der Waals surface area contributed by atoms with E-state index in [9.17, 15) is 0 Å². The molecule has 0 aliphatic heterocycles. The van der Waals surface area contributed by atoms with Crippen molar-refractivity contribution in [3.63, 3.8) is 0 Å². The third-order valence-electron chi connectivity index (χ3n) is 2.23. The molecule has 0 bridgehead atoms. The Balaban J connectivity index is 2.06. The molecule has 5 heteroatoms. The molecule has 5 nitrogen and oxygen atoms in total. The molecule has 2 aromatic rings. The van der Waals surface area contributed by atoms with Crippen LogP contribution in [0.3, 0.4) is 0 Å². The highest BCUT2D eigenvalue weighted by Crippen LogP contribution is 2.26. The van der Waals surface area contributed by atoms with Gasteiger partial charge in [0.2, 0.25) is 0 Å². The Hall–Kier alpha value is -2.30. The highest BCUT2D eigenvalue weighted by molar-refractivity contribution is 5.39. The first-order valence-electron chi connectivity index (χ1n) is 5.71. The number of hydrogen-bond donors (Lipinski definition) is 1. The molecular formula is C13H15N3O2. The van der Waals surface area contributed by atoms with Crippen molar-refractivity contribution in [2.75, 3.05) is 12.3 Å². The highest BCUT2D eigenvalue weighted by Gasteiger charge is 2.05. The van der Waals surface area contributed by atoms with Crippen molar-refractivity contribution >= 4 is 5.82 Å². The predicted molar refractivity (Wildman–Crippen MR) is 68.4 cm³/mol. The molecule has 0 saturated carbocycles. The Morgan fingerprint density at radius 2 is 1.83 bits per heavy atom. The standard InChI is InChI=1S/C13H15N3O2/c1-2-17-10-5-3-4-6-11(10)18-9-13-15-8-7-12(14)16-13/h3-8H,2,9H2,1H3,(H2,14,15,16). The SMILES string of the molecule is CCOc1ccccc1OCc1nccc(N)n1. The molecule has 0 spiro atoms. The molecule has 2 N–H and O–H groups in total. The van der Waals surface area contributed by atoms with Gasteiger partial charge in [-0.25, -0.2) is 9.97 Å². The summed E-state index contributed by atoms with van der Waals surface area (Å²) in [7, 11) is 0. The van der Waals surface area contributed by atoms with Gasteiger partial charge in [0.15, 0.2) is 17.3 Å². The van der Waals surface area contributed by atoms with Crippen LogP contribution >= 0.6 is 0 Å².